The van der Waals surface area contributed by atoms with Gasteiger partial charge >= 0.3 is 0 Å². The summed E-state index contributed by atoms with van der Waals surface area (Å²) in [5, 5.41) is 5.65. The summed E-state index contributed by atoms with van der Waals surface area (Å²) in [5.74, 6) is -0.490. The zero-order valence-corrected chi connectivity index (χ0v) is 8.79. The molecule has 0 bridgehead atoms. The highest BCUT2D eigenvalue weighted by Crippen LogP contribution is 2.18. The van der Waals surface area contributed by atoms with Gasteiger partial charge in [-0.25, -0.2) is 4.39 Å². The number of carbonyl (C=O) groups is 1. The van der Waals surface area contributed by atoms with Crippen molar-refractivity contribution in [2.75, 3.05) is 17.6 Å². The second kappa shape index (κ2) is 4.38. The first-order valence-corrected chi connectivity index (χ1v) is 5.23. The van der Waals surface area contributed by atoms with Gasteiger partial charge in [0.05, 0.1) is 6.54 Å². The summed E-state index contributed by atoms with van der Waals surface area (Å²) in [4.78, 5) is 11.3. The van der Waals surface area contributed by atoms with Crippen molar-refractivity contribution in [1.82, 2.24) is 5.32 Å². The van der Waals surface area contributed by atoms with Crippen molar-refractivity contribution < 1.29 is 9.18 Å². The van der Waals surface area contributed by atoms with Crippen molar-refractivity contribution in [3.63, 3.8) is 0 Å². The fourth-order valence-electron chi connectivity index (χ4n) is 1.40. The van der Waals surface area contributed by atoms with Gasteiger partial charge in [0.25, 0.3) is 0 Å². The molecule has 0 spiro atoms. The van der Waals surface area contributed by atoms with E-state index in [4.69, 9.17) is 5.73 Å². The van der Waals surface area contributed by atoms with Gasteiger partial charge in [-0.05, 0) is 31.0 Å². The molecule has 1 aliphatic carbocycles. The summed E-state index contributed by atoms with van der Waals surface area (Å²) in [7, 11) is 0. The van der Waals surface area contributed by atoms with Crippen LogP contribution in [0, 0.1) is 5.82 Å². The average Bonchev–Trinajstić information content (AvgIpc) is 2.97. The van der Waals surface area contributed by atoms with Crippen molar-refractivity contribution in [2.45, 2.75) is 18.9 Å². The number of hydrogen-bond donors (Lipinski definition) is 3. The van der Waals surface area contributed by atoms with Gasteiger partial charge in [0.2, 0.25) is 5.91 Å². The Labute approximate surface area is 93.0 Å². The number of rotatable bonds is 4. The summed E-state index contributed by atoms with van der Waals surface area (Å²) in [5.41, 5.74) is 6.33. The van der Waals surface area contributed by atoms with Crippen molar-refractivity contribution in [3.8, 4) is 0 Å². The monoisotopic (exact) mass is 223 g/mol. The van der Waals surface area contributed by atoms with Crippen LogP contribution in [0.15, 0.2) is 18.2 Å². The molecule has 1 saturated carbocycles. The minimum atomic E-state index is -0.412. The second-order valence-electron chi connectivity index (χ2n) is 3.97. The predicted octanol–water partition coefficient (Wildman–Crippen LogP) is 1.10. The summed E-state index contributed by atoms with van der Waals surface area (Å²) in [6, 6.07) is 4.47. The third-order valence-electron chi connectivity index (χ3n) is 2.32. The lowest BCUT2D eigenvalue weighted by molar-refractivity contribution is -0.119. The molecule has 0 aliphatic heterocycles. The van der Waals surface area contributed by atoms with Crippen molar-refractivity contribution in [2.24, 2.45) is 0 Å². The molecule has 0 atom stereocenters. The smallest absolute Gasteiger partial charge is 0.239 e. The molecule has 0 heterocycles. The molecule has 0 radical (unpaired) electrons. The number of nitrogens with two attached hydrogens (primary N) is 1. The van der Waals surface area contributed by atoms with Crippen LogP contribution in [0.1, 0.15) is 12.8 Å². The maximum Gasteiger partial charge on any atom is 0.239 e. The molecule has 0 unspecified atom stereocenters. The van der Waals surface area contributed by atoms with E-state index < -0.39 is 5.82 Å². The molecule has 4 N–H and O–H groups in total. The van der Waals surface area contributed by atoms with Crippen LogP contribution in [0.3, 0.4) is 0 Å². The summed E-state index contributed by atoms with van der Waals surface area (Å²) in [6.45, 7) is 0.138. The van der Waals surface area contributed by atoms with Crippen molar-refractivity contribution in [3.05, 3.63) is 24.0 Å². The Morgan fingerprint density at radius 1 is 1.44 bits per heavy atom. The highest BCUT2D eigenvalue weighted by atomic mass is 19.1. The van der Waals surface area contributed by atoms with E-state index in [1.54, 1.807) is 6.07 Å². The van der Waals surface area contributed by atoms with Crippen LogP contribution in [0.25, 0.3) is 0 Å². The largest absolute Gasteiger partial charge is 0.399 e. The van der Waals surface area contributed by atoms with Gasteiger partial charge in [-0.15, -0.1) is 0 Å². The molecule has 0 saturated heterocycles. The van der Waals surface area contributed by atoms with E-state index >= 15 is 0 Å². The first kappa shape index (κ1) is 10.7. The Kier molecular flexibility index (Phi) is 2.94. The zero-order valence-electron chi connectivity index (χ0n) is 8.79. The van der Waals surface area contributed by atoms with Crippen LogP contribution in [0.4, 0.5) is 15.8 Å². The van der Waals surface area contributed by atoms with E-state index in [1.165, 1.54) is 12.1 Å². The van der Waals surface area contributed by atoms with Crippen LogP contribution < -0.4 is 16.4 Å². The molecule has 1 aromatic carbocycles. The lowest BCUT2D eigenvalue weighted by atomic mass is 10.2. The molecule has 1 aromatic rings. The summed E-state index contributed by atoms with van der Waals surface area (Å²) < 4.78 is 13.0. The summed E-state index contributed by atoms with van der Waals surface area (Å²) >= 11 is 0. The van der Waals surface area contributed by atoms with Crippen LogP contribution in [0.5, 0.6) is 0 Å². The average molecular weight is 223 g/mol. The lowest BCUT2D eigenvalue weighted by Gasteiger charge is -2.07. The van der Waals surface area contributed by atoms with E-state index in [2.05, 4.69) is 10.6 Å². The van der Waals surface area contributed by atoms with Gasteiger partial charge in [-0.2, -0.15) is 0 Å². The van der Waals surface area contributed by atoms with Gasteiger partial charge in [-0.1, -0.05) is 0 Å². The molecule has 1 amide bonds. The van der Waals surface area contributed by atoms with Crippen LogP contribution >= 0.6 is 0 Å². The Morgan fingerprint density at radius 3 is 2.81 bits per heavy atom. The van der Waals surface area contributed by atoms with Crippen molar-refractivity contribution in [1.29, 1.82) is 0 Å². The maximum atomic E-state index is 13.0. The Hall–Kier alpha value is -1.78. The predicted molar refractivity (Wildman–Crippen MR) is 60.5 cm³/mol. The molecule has 4 nitrogen and oxygen atoms in total. The highest BCUT2D eigenvalue weighted by Gasteiger charge is 2.22. The molecule has 16 heavy (non-hydrogen) atoms. The number of hydrogen-bond acceptors (Lipinski definition) is 3. The number of anilines is 2. The van der Waals surface area contributed by atoms with E-state index in [-0.39, 0.29) is 12.5 Å². The molecule has 5 heteroatoms. The van der Waals surface area contributed by atoms with E-state index in [0.717, 1.165) is 12.8 Å². The molecule has 1 aliphatic rings. The summed E-state index contributed by atoms with van der Waals surface area (Å²) in [6.07, 6.45) is 2.11. The van der Waals surface area contributed by atoms with Crippen molar-refractivity contribution >= 4 is 17.3 Å². The first-order chi connectivity index (χ1) is 7.63. The molecule has 86 valence electrons. The van der Waals surface area contributed by atoms with Gasteiger partial charge in [-0.3, -0.25) is 4.79 Å². The Bertz CT molecular complexity index is 384. The fraction of sp³-hybridized carbons (Fsp3) is 0.364. The number of halogens is 1. The van der Waals surface area contributed by atoms with Crippen LogP contribution in [0.2, 0.25) is 0 Å². The third kappa shape index (κ3) is 3.12. The number of nitrogens with one attached hydrogen (secondary N) is 2. The van der Waals surface area contributed by atoms with Gasteiger partial charge in [0.15, 0.2) is 0 Å². The van der Waals surface area contributed by atoms with E-state index in [0.29, 0.717) is 17.4 Å². The van der Waals surface area contributed by atoms with Gasteiger partial charge in [0, 0.05) is 17.4 Å². The SMILES string of the molecule is Nc1cc(F)cc(NCC(=O)NC2CC2)c1. The lowest BCUT2D eigenvalue weighted by Crippen LogP contribution is -2.31. The molecule has 2 rings (SSSR count). The third-order valence-corrected chi connectivity index (χ3v) is 2.32. The van der Waals surface area contributed by atoms with Gasteiger partial charge < -0.3 is 16.4 Å². The standard InChI is InChI=1S/C11H14FN3O/c12-7-3-8(13)5-10(4-7)14-6-11(16)15-9-1-2-9/h3-5,9,14H,1-2,6,13H2,(H,15,16). The minimum Gasteiger partial charge on any atom is -0.399 e. The van der Waals surface area contributed by atoms with E-state index in [9.17, 15) is 9.18 Å². The van der Waals surface area contributed by atoms with E-state index in [1.807, 2.05) is 0 Å². The first-order valence-electron chi connectivity index (χ1n) is 5.23. The quantitative estimate of drug-likeness (QED) is 0.669. The van der Waals surface area contributed by atoms with Crippen LogP contribution in [-0.2, 0) is 4.79 Å². The molecule has 0 aromatic heterocycles. The Balaban J connectivity index is 1.85. The number of nitrogen functional groups attached to an aromatic ring is 1. The minimum absolute atomic E-state index is 0.0784. The molecular weight excluding hydrogens is 209 g/mol. The Morgan fingerprint density at radius 2 is 2.19 bits per heavy atom. The van der Waals surface area contributed by atoms with Gasteiger partial charge in [0.1, 0.15) is 5.82 Å². The maximum absolute atomic E-state index is 13.0. The topological polar surface area (TPSA) is 67.1 Å². The molecule has 1 fully saturated rings. The fourth-order valence-corrected chi connectivity index (χ4v) is 1.40. The highest BCUT2D eigenvalue weighted by molar-refractivity contribution is 5.81. The molecular formula is C11H14FN3O. The zero-order chi connectivity index (χ0) is 11.5. The number of benzene rings is 1. The normalized spacial score (nSPS) is 14.6. The number of carbonyl (C=O) groups excluding carboxylic acids is 1. The second-order valence-corrected chi connectivity index (χ2v) is 3.97. The van der Waals surface area contributed by atoms with Crippen LogP contribution in [-0.4, -0.2) is 18.5 Å². The number of amides is 1.